The lowest BCUT2D eigenvalue weighted by Crippen LogP contribution is -2.66. The summed E-state index contributed by atoms with van der Waals surface area (Å²) in [5.74, 6) is -0.233. The fraction of sp³-hybridized carbons (Fsp3) is 0.987. The van der Waals surface area contributed by atoms with E-state index in [2.05, 4.69) is 19.2 Å². The fourth-order valence-electron chi connectivity index (χ4n) is 14.2. The van der Waals surface area contributed by atoms with Gasteiger partial charge in [-0.3, -0.25) is 4.79 Å². The monoisotopic (exact) mass is 1380 g/mol. The molecule has 0 aromatic heterocycles. The molecule has 0 spiro atoms. The molecular weight excluding hydrogens is 1230 g/mol. The van der Waals surface area contributed by atoms with Gasteiger partial charge in [0.1, 0.15) is 73.2 Å². The molecule has 1 amide bonds. The van der Waals surface area contributed by atoms with E-state index in [0.29, 0.717) is 12.8 Å². The number of rotatable bonds is 65. The van der Waals surface area contributed by atoms with Gasteiger partial charge in [-0.2, -0.15) is 0 Å². The van der Waals surface area contributed by atoms with Gasteiger partial charge in [0.15, 0.2) is 18.9 Å². The summed E-state index contributed by atoms with van der Waals surface area (Å²) in [4.78, 5) is 13.5. The van der Waals surface area contributed by atoms with E-state index in [0.717, 1.165) is 44.9 Å². The predicted octanol–water partition coefficient (Wildman–Crippen LogP) is 13.0. The van der Waals surface area contributed by atoms with Crippen LogP contribution in [-0.2, 0) is 33.2 Å². The highest BCUT2D eigenvalue weighted by Crippen LogP contribution is 2.33. The minimum atomic E-state index is -1.97. The minimum absolute atomic E-state index is 0.233. The summed E-state index contributed by atoms with van der Waals surface area (Å²) in [6.07, 6.45) is 40.5. The second kappa shape index (κ2) is 59.2. The van der Waals surface area contributed by atoms with Gasteiger partial charge < -0.3 is 89.9 Å². The molecule has 3 rings (SSSR count). The molecule has 17 atom stereocenters. The second-order valence-corrected chi connectivity index (χ2v) is 29.2. The van der Waals surface area contributed by atoms with E-state index in [1.165, 1.54) is 276 Å². The van der Waals surface area contributed by atoms with E-state index >= 15 is 0 Å². The van der Waals surface area contributed by atoms with Gasteiger partial charge in [0.25, 0.3) is 0 Å². The average Bonchev–Trinajstić information content (AvgIpc) is 0.795. The third kappa shape index (κ3) is 39.4. The Morgan fingerprint density at radius 2 is 0.594 bits per heavy atom. The number of hydrogen-bond acceptors (Lipinski definition) is 18. The molecule has 0 saturated carbocycles. The number of hydrogen-bond donors (Lipinski definition) is 12. The van der Waals surface area contributed by atoms with Crippen molar-refractivity contribution in [2.24, 2.45) is 0 Å². The van der Waals surface area contributed by atoms with Crippen molar-refractivity contribution in [2.45, 2.75) is 458 Å². The number of nitrogens with one attached hydrogen (secondary N) is 1. The van der Waals surface area contributed by atoms with Gasteiger partial charge in [-0.1, -0.05) is 335 Å². The largest absolute Gasteiger partial charge is 0.394 e. The highest BCUT2D eigenvalue weighted by atomic mass is 16.8. The SMILES string of the molecule is CCCCCCCCCCCCCCCCCCCCCCCCCCCCCCCC(O)C(COC1OC(CO)C(OC2OC(CO)C(OC3OC(CO)C(O)C(O)C3O)C(O)C2O)C(O)C1O)NC(=O)CCCCCCCCCCCCCCCCCCCCCCCC. The number of aliphatic hydroxyl groups is 11. The van der Waals surface area contributed by atoms with Crippen LogP contribution in [0.2, 0.25) is 0 Å². The number of carbonyl (C=O) groups excluding carboxylic acids is 1. The Labute approximate surface area is 583 Å². The van der Waals surface area contributed by atoms with Gasteiger partial charge >= 0.3 is 0 Å². The van der Waals surface area contributed by atoms with Crippen LogP contribution in [0.4, 0.5) is 0 Å². The summed E-state index contributed by atoms with van der Waals surface area (Å²) < 4.78 is 34.5. The van der Waals surface area contributed by atoms with Crippen LogP contribution in [0.1, 0.15) is 354 Å². The first kappa shape index (κ1) is 89.0. The molecule has 0 aromatic carbocycles. The van der Waals surface area contributed by atoms with Crippen molar-refractivity contribution in [2.75, 3.05) is 26.4 Å². The zero-order valence-electron chi connectivity index (χ0n) is 60.9. The third-order valence-electron chi connectivity index (χ3n) is 20.7. The molecule has 19 nitrogen and oxygen atoms in total. The molecule has 3 fully saturated rings. The highest BCUT2D eigenvalue weighted by Gasteiger charge is 2.54. The molecule has 3 aliphatic heterocycles. The molecule has 570 valence electrons. The maximum absolute atomic E-state index is 13.5. The van der Waals surface area contributed by atoms with Gasteiger partial charge in [-0.15, -0.1) is 0 Å². The molecule has 3 aliphatic rings. The molecule has 17 unspecified atom stereocenters. The number of unbranched alkanes of at least 4 members (excludes halogenated alkanes) is 49. The quantitative estimate of drug-likeness (QED) is 0.0252. The Kier molecular flexibility index (Phi) is 54.9. The Bertz CT molecular complexity index is 1740. The lowest BCUT2D eigenvalue weighted by atomic mass is 9.96. The normalized spacial score (nSPS) is 26.9. The lowest BCUT2D eigenvalue weighted by Gasteiger charge is -2.48. The topological polar surface area (TPSA) is 307 Å². The summed E-state index contributed by atoms with van der Waals surface area (Å²) in [6.45, 7) is 1.87. The molecule has 3 saturated heterocycles. The van der Waals surface area contributed by atoms with Crippen molar-refractivity contribution >= 4 is 5.91 Å². The van der Waals surface area contributed by atoms with E-state index in [1.54, 1.807) is 0 Å². The number of amides is 1. The van der Waals surface area contributed by atoms with E-state index < -0.39 is 124 Å². The van der Waals surface area contributed by atoms with Crippen LogP contribution < -0.4 is 5.32 Å². The zero-order chi connectivity index (χ0) is 69.6. The van der Waals surface area contributed by atoms with Crippen molar-refractivity contribution in [1.82, 2.24) is 5.32 Å². The molecule has 19 heteroatoms. The van der Waals surface area contributed by atoms with Crippen molar-refractivity contribution < 1.29 is 89.4 Å². The summed E-state index contributed by atoms with van der Waals surface area (Å²) in [5, 5.41) is 121. The van der Waals surface area contributed by atoms with Crippen LogP contribution in [-0.4, -0.2) is 193 Å². The maximum Gasteiger partial charge on any atom is 0.220 e. The first-order valence-corrected chi connectivity index (χ1v) is 40.3. The highest BCUT2D eigenvalue weighted by molar-refractivity contribution is 5.76. The predicted molar refractivity (Wildman–Crippen MR) is 379 cm³/mol. The van der Waals surface area contributed by atoms with Crippen molar-refractivity contribution in [3.05, 3.63) is 0 Å². The molecule has 0 bridgehead atoms. The minimum Gasteiger partial charge on any atom is -0.394 e. The van der Waals surface area contributed by atoms with E-state index in [-0.39, 0.29) is 18.9 Å². The summed E-state index contributed by atoms with van der Waals surface area (Å²) in [7, 11) is 0. The standard InChI is InChI=1S/C77H149NO18/c1-3-5-7-9-11-13-15-17-19-21-23-25-27-28-29-30-31-32-33-34-36-38-40-42-44-46-48-50-52-54-61(82)60(78-65(83)55-53-51-49-47-45-43-41-39-37-35-26-24-22-20-18-16-14-12-10-8-6-4-2)59-91-75-71(89)68(86)73(63(57-80)93-75)96-77-72(90)69(87)74(64(58-81)94-77)95-76-70(88)67(85)66(84)62(56-79)92-76/h60-64,66-77,79-82,84-90H,3-59H2,1-2H3,(H,78,83). The number of carbonyl (C=O) groups is 1. The third-order valence-corrected chi connectivity index (χ3v) is 20.7. The number of aliphatic hydroxyl groups excluding tert-OH is 11. The van der Waals surface area contributed by atoms with E-state index in [4.69, 9.17) is 28.4 Å². The van der Waals surface area contributed by atoms with Crippen LogP contribution in [0.3, 0.4) is 0 Å². The van der Waals surface area contributed by atoms with Gasteiger partial charge in [-0.05, 0) is 12.8 Å². The average molecular weight is 1380 g/mol. The lowest BCUT2D eigenvalue weighted by molar-refractivity contribution is -0.379. The molecule has 0 radical (unpaired) electrons. The van der Waals surface area contributed by atoms with Gasteiger partial charge in [0.2, 0.25) is 5.91 Å². The first-order chi connectivity index (χ1) is 46.8. The van der Waals surface area contributed by atoms with Crippen LogP contribution in [0.15, 0.2) is 0 Å². The molecule has 12 N–H and O–H groups in total. The Morgan fingerprint density at radius 3 is 0.906 bits per heavy atom. The molecule has 0 aliphatic carbocycles. The van der Waals surface area contributed by atoms with Crippen molar-refractivity contribution in [3.63, 3.8) is 0 Å². The van der Waals surface area contributed by atoms with Gasteiger partial charge in [0, 0.05) is 6.42 Å². The summed E-state index contributed by atoms with van der Waals surface area (Å²) in [5.41, 5.74) is 0. The van der Waals surface area contributed by atoms with Crippen LogP contribution in [0.25, 0.3) is 0 Å². The number of ether oxygens (including phenoxy) is 6. The molecule has 0 aromatic rings. The van der Waals surface area contributed by atoms with Gasteiger partial charge in [0.05, 0.1) is 38.6 Å². The summed E-state index contributed by atoms with van der Waals surface area (Å²) >= 11 is 0. The first-order valence-electron chi connectivity index (χ1n) is 40.3. The van der Waals surface area contributed by atoms with Crippen molar-refractivity contribution in [3.8, 4) is 0 Å². The van der Waals surface area contributed by atoms with E-state index in [1.807, 2.05) is 0 Å². The maximum atomic E-state index is 13.5. The fourth-order valence-corrected chi connectivity index (χ4v) is 14.2. The van der Waals surface area contributed by atoms with Gasteiger partial charge in [-0.25, -0.2) is 0 Å². The Balaban J connectivity index is 1.37. The Hall–Kier alpha value is -1.21. The van der Waals surface area contributed by atoms with Crippen LogP contribution >= 0.6 is 0 Å². The molecule has 3 heterocycles. The van der Waals surface area contributed by atoms with Crippen LogP contribution in [0, 0.1) is 0 Å². The molecule has 96 heavy (non-hydrogen) atoms. The summed E-state index contributed by atoms with van der Waals surface area (Å²) in [6, 6.07) is -0.883. The Morgan fingerprint density at radius 1 is 0.333 bits per heavy atom. The van der Waals surface area contributed by atoms with Crippen LogP contribution in [0.5, 0.6) is 0 Å². The molecular formula is C77H149NO18. The second-order valence-electron chi connectivity index (χ2n) is 29.2. The van der Waals surface area contributed by atoms with E-state index in [9.17, 15) is 61.0 Å². The van der Waals surface area contributed by atoms with Crippen molar-refractivity contribution in [1.29, 1.82) is 0 Å². The smallest absolute Gasteiger partial charge is 0.220 e. The zero-order valence-corrected chi connectivity index (χ0v) is 60.9.